The van der Waals surface area contributed by atoms with Gasteiger partial charge in [0, 0.05) is 10.2 Å². The Balaban J connectivity index is 1.80. The molecule has 0 unspecified atom stereocenters. The lowest BCUT2D eigenvalue weighted by molar-refractivity contribution is -0.127. The van der Waals surface area contributed by atoms with E-state index in [0.29, 0.717) is 11.4 Å². The Morgan fingerprint density at radius 3 is 2.71 bits per heavy atom. The predicted octanol–water partition coefficient (Wildman–Crippen LogP) is 3.00. The second kappa shape index (κ2) is 7.08. The Morgan fingerprint density at radius 2 is 2.05 bits per heavy atom. The summed E-state index contributed by atoms with van der Waals surface area (Å²) in [7, 11) is 0. The van der Waals surface area contributed by atoms with Crippen molar-refractivity contribution >= 4 is 33.4 Å². The van der Waals surface area contributed by atoms with Crippen LogP contribution >= 0.6 is 15.9 Å². The molecule has 5 nitrogen and oxygen atoms in total. The van der Waals surface area contributed by atoms with Crippen LogP contribution in [-0.2, 0) is 16.1 Å². The lowest BCUT2D eigenvalue weighted by Crippen LogP contribution is -2.27. The molecule has 6 heteroatoms. The molecule has 2 rings (SSSR count). The third-order valence-electron chi connectivity index (χ3n) is 2.82. The predicted molar refractivity (Wildman–Crippen MR) is 82.7 cm³/mol. The number of furan rings is 1. The molecule has 0 saturated carbocycles. The quantitative estimate of drug-likeness (QED) is 0.814. The highest BCUT2D eigenvalue weighted by Gasteiger charge is 2.10. The van der Waals surface area contributed by atoms with Crippen LogP contribution in [0.2, 0.25) is 0 Å². The van der Waals surface area contributed by atoms with Crippen LogP contribution in [0, 0.1) is 6.92 Å². The average molecular weight is 351 g/mol. The maximum atomic E-state index is 11.8. The third kappa shape index (κ3) is 4.75. The molecule has 0 aliphatic heterocycles. The van der Waals surface area contributed by atoms with E-state index in [4.69, 9.17) is 4.42 Å². The van der Waals surface area contributed by atoms with Gasteiger partial charge in [0.2, 0.25) is 11.8 Å². The zero-order valence-electron chi connectivity index (χ0n) is 11.5. The molecule has 0 bridgehead atoms. The summed E-state index contributed by atoms with van der Waals surface area (Å²) < 4.78 is 5.99. The molecule has 2 amide bonds. The van der Waals surface area contributed by atoms with Crippen LogP contribution < -0.4 is 10.6 Å². The minimum Gasteiger partial charge on any atom is -0.467 e. The molecular weight excluding hydrogens is 336 g/mol. The zero-order valence-corrected chi connectivity index (χ0v) is 13.1. The molecule has 0 aliphatic carbocycles. The van der Waals surface area contributed by atoms with Crippen molar-refractivity contribution in [2.45, 2.75) is 19.9 Å². The molecule has 0 fully saturated rings. The van der Waals surface area contributed by atoms with Gasteiger partial charge in [0.05, 0.1) is 12.8 Å². The lowest BCUT2D eigenvalue weighted by Gasteiger charge is -2.07. The Morgan fingerprint density at radius 1 is 1.24 bits per heavy atom. The van der Waals surface area contributed by atoms with E-state index >= 15 is 0 Å². The first-order valence-corrected chi connectivity index (χ1v) is 7.19. The fourth-order valence-corrected chi connectivity index (χ4v) is 2.06. The Kier molecular flexibility index (Phi) is 5.16. The average Bonchev–Trinajstić information content (AvgIpc) is 2.94. The number of rotatable bonds is 5. The van der Waals surface area contributed by atoms with Crippen LogP contribution in [0.1, 0.15) is 17.7 Å². The van der Waals surface area contributed by atoms with Crippen LogP contribution in [0.3, 0.4) is 0 Å². The standard InChI is InChI=1S/C15H15BrN2O3/c1-10-4-5-11(7-13(10)16)18-15(20)8-14(19)17-9-12-3-2-6-21-12/h2-7H,8-9H2,1H3,(H,17,19)(H,18,20). The number of amides is 2. The van der Waals surface area contributed by atoms with Gasteiger partial charge in [-0.2, -0.15) is 0 Å². The molecule has 0 spiro atoms. The van der Waals surface area contributed by atoms with Gasteiger partial charge in [-0.05, 0) is 36.8 Å². The largest absolute Gasteiger partial charge is 0.467 e. The molecule has 0 atom stereocenters. The second-order valence-corrected chi connectivity index (χ2v) is 5.40. The highest BCUT2D eigenvalue weighted by Crippen LogP contribution is 2.20. The number of carbonyl (C=O) groups is 2. The number of benzene rings is 1. The summed E-state index contributed by atoms with van der Waals surface area (Å²) in [6.45, 7) is 2.23. The summed E-state index contributed by atoms with van der Waals surface area (Å²) in [5.74, 6) is -0.0657. The van der Waals surface area contributed by atoms with Gasteiger partial charge in [0.25, 0.3) is 0 Å². The van der Waals surface area contributed by atoms with E-state index in [9.17, 15) is 9.59 Å². The van der Waals surface area contributed by atoms with E-state index in [1.807, 2.05) is 13.0 Å². The van der Waals surface area contributed by atoms with Crippen molar-refractivity contribution in [2.75, 3.05) is 5.32 Å². The summed E-state index contributed by atoms with van der Waals surface area (Å²) in [4.78, 5) is 23.4. The highest BCUT2D eigenvalue weighted by atomic mass is 79.9. The molecule has 21 heavy (non-hydrogen) atoms. The highest BCUT2D eigenvalue weighted by molar-refractivity contribution is 9.10. The minimum atomic E-state index is -0.359. The molecule has 0 radical (unpaired) electrons. The second-order valence-electron chi connectivity index (χ2n) is 4.55. The molecule has 110 valence electrons. The van der Waals surface area contributed by atoms with Crippen LogP contribution in [0.15, 0.2) is 45.5 Å². The summed E-state index contributed by atoms with van der Waals surface area (Å²) in [6.07, 6.45) is 1.30. The van der Waals surface area contributed by atoms with Crippen molar-refractivity contribution in [1.82, 2.24) is 5.32 Å². The van der Waals surface area contributed by atoms with Crippen molar-refractivity contribution < 1.29 is 14.0 Å². The first-order valence-electron chi connectivity index (χ1n) is 6.39. The van der Waals surface area contributed by atoms with Crippen LogP contribution in [0.4, 0.5) is 5.69 Å². The van der Waals surface area contributed by atoms with Gasteiger partial charge in [-0.15, -0.1) is 0 Å². The zero-order chi connectivity index (χ0) is 15.2. The third-order valence-corrected chi connectivity index (χ3v) is 3.67. The van der Waals surface area contributed by atoms with Crippen LogP contribution in [0.25, 0.3) is 0 Å². The minimum absolute atomic E-state index is 0.230. The molecule has 1 heterocycles. The molecule has 1 aromatic carbocycles. The van der Waals surface area contributed by atoms with Crippen molar-refractivity contribution in [3.05, 3.63) is 52.4 Å². The van der Waals surface area contributed by atoms with Gasteiger partial charge in [0.1, 0.15) is 12.2 Å². The molecule has 0 saturated heterocycles. The molecular formula is C15H15BrN2O3. The van der Waals surface area contributed by atoms with Gasteiger partial charge in [-0.25, -0.2) is 0 Å². The number of nitrogens with one attached hydrogen (secondary N) is 2. The first-order chi connectivity index (χ1) is 10.0. The SMILES string of the molecule is Cc1ccc(NC(=O)CC(=O)NCc2ccco2)cc1Br. The Bertz CT molecular complexity index is 638. The lowest BCUT2D eigenvalue weighted by atomic mass is 10.2. The van der Waals surface area contributed by atoms with E-state index in [-0.39, 0.29) is 24.8 Å². The van der Waals surface area contributed by atoms with Gasteiger partial charge in [-0.3, -0.25) is 9.59 Å². The number of anilines is 1. The number of hydrogen-bond acceptors (Lipinski definition) is 3. The monoisotopic (exact) mass is 350 g/mol. The maximum absolute atomic E-state index is 11.8. The van der Waals surface area contributed by atoms with Crippen molar-refractivity contribution in [3.8, 4) is 0 Å². The van der Waals surface area contributed by atoms with Crippen molar-refractivity contribution in [1.29, 1.82) is 0 Å². The molecule has 0 aliphatic rings. The number of hydrogen-bond donors (Lipinski definition) is 2. The van der Waals surface area contributed by atoms with E-state index in [0.717, 1.165) is 10.0 Å². The van der Waals surface area contributed by atoms with Crippen LogP contribution in [0.5, 0.6) is 0 Å². The Labute approximate surface area is 130 Å². The summed E-state index contributed by atoms with van der Waals surface area (Å²) >= 11 is 3.39. The van der Waals surface area contributed by atoms with Gasteiger partial charge in [-0.1, -0.05) is 22.0 Å². The molecule has 2 aromatic rings. The number of aryl methyl sites for hydroxylation is 1. The topological polar surface area (TPSA) is 71.3 Å². The fourth-order valence-electron chi connectivity index (χ4n) is 1.68. The molecule has 2 N–H and O–H groups in total. The van der Waals surface area contributed by atoms with E-state index in [1.54, 1.807) is 24.3 Å². The van der Waals surface area contributed by atoms with E-state index in [1.165, 1.54) is 6.26 Å². The van der Waals surface area contributed by atoms with Crippen LogP contribution in [-0.4, -0.2) is 11.8 Å². The van der Waals surface area contributed by atoms with Crippen molar-refractivity contribution in [3.63, 3.8) is 0 Å². The summed E-state index contributed by atoms with van der Waals surface area (Å²) in [5.41, 5.74) is 1.72. The number of carbonyl (C=O) groups excluding carboxylic acids is 2. The van der Waals surface area contributed by atoms with E-state index < -0.39 is 0 Å². The summed E-state index contributed by atoms with van der Waals surface area (Å²) in [6, 6.07) is 8.97. The van der Waals surface area contributed by atoms with Crippen molar-refractivity contribution in [2.24, 2.45) is 0 Å². The Hall–Kier alpha value is -2.08. The van der Waals surface area contributed by atoms with Gasteiger partial charge < -0.3 is 15.1 Å². The smallest absolute Gasteiger partial charge is 0.233 e. The van der Waals surface area contributed by atoms with Gasteiger partial charge in [0.15, 0.2) is 0 Å². The normalized spacial score (nSPS) is 10.2. The van der Waals surface area contributed by atoms with Gasteiger partial charge >= 0.3 is 0 Å². The molecule has 1 aromatic heterocycles. The van der Waals surface area contributed by atoms with E-state index in [2.05, 4.69) is 26.6 Å². The summed E-state index contributed by atoms with van der Waals surface area (Å²) in [5, 5.41) is 5.30. The first kappa shape index (κ1) is 15.3. The fraction of sp³-hybridized carbons (Fsp3) is 0.200. The number of halogens is 1. The maximum Gasteiger partial charge on any atom is 0.233 e.